The fourth-order valence-electron chi connectivity index (χ4n) is 3.57. The van der Waals surface area contributed by atoms with Crippen LogP contribution >= 0.6 is 0 Å². The zero-order valence-electron chi connectivity index (χ0n) is 16.2. The van der Waals surface area contributed by atoms with Crippen molar-refractivity contribution in [2.45, 2.75) is 99.5 Å². The summed E-state index contributed by atoms with van der Waals surface area (Å²) in [4.78, 5) is 13.0. The molecule has 0 amide bonds. The molecule has 0 N–H and O–H groups in total. The lowest BCUT2D eigenvalue weighted by Crippen LogP contribution is -2.45. The monoisotopic (exact) mass is 310 g/mol. The van der Waals surface area contributed by atoms with Gasteiger partial charge in [-0.15, -0.1) is 0 Å². The van der Waals surface area contributed by atoms with E-state index in [2.05, 4.69) is 55.4 Å². The van der Waals surface area contributed by atoms with E-state index in [0.717, 1.165) is 19.3 Å². The Bertz CT molecular complexity index is 362. The van der Waals surface area contributed by atoms with Crippen LogP contribution in [-0.2, 0) is 9.53 Å². The minimum atomic E-state index is -0.225. The van der Waals surface area contributed by atoms with E-state index in [9.17, 15) is 4.79 Å². The predicted octanol–water partition coefficient (Wildman–Crippen LogP) is 5.99. The van der Waals surface area contributed by atoms with Crippen LogP contribution in [0.5, 0.6) is 0 Å². The van der Waals surface area contributed by atoms with Gasteiger partial charge in [0.25, 0.3) is 0 Å². The number of hydrogen-bond donors (Lipinski definition) is 0. The number of esters is 1. The maximum absolute atomic E-state index is 13.0. The fraction of sp³-hybridized carbons (Fsp3) is 0.950. The summed E-state index contributed by atoms with van der Waals surface area (Å²) >= 11 is 0. The van der Waals surface area contributed by atoms with Gasteiger partial charge in [0.05, 0.1) is 5.92 Å². The first kappa shape index (κ1) is 19.5. The SMILES string of the molecule is CC(C)C1(OC(=O)C(CC(C)(C)C)C(C)(C)C)CCCCC1. The highest BCUT2D eigenvalue weighted by Crippen LogP contribution is 2.42. The second-order valence-electron chi connectivity index (χ2n) is 9.88. The fourth-order valence-corrected chi connectivity index (χ4v) is 3.57. The Morgan fingerprint density at radius 2 is 1.50 bits per heavy atom. The van der Waals surface area contributed by atoms with Crippen LogP contribution in [0.25, 0.3) is 0 Å². The summed E-state index contributed by atoms with van der Waals surface area (Å²) in [5.41, 5.74) is -0.150. The normalized spacial score (nSPS) is 20.8. The van der Waals surface area contributed by atoms with Gasteiger partial charge in [-0.1, -0.05) is 61.8 Å². The smallest absolute Gasteiger partial charge is 0.310 e. The molecule has 0 aromatic rings. The van der Waals surface area contributed by atoms with Crippen LogP contribution < -0.4 is 0 Å². The maximum atomic E-state index is 13.0. The summed E-state index contributed by atoms with van der Waals surface area (Å²) in [5.74, 6) is 0.384. The van der Waals surface area contributed by atoms with Crippen LogP contribution in [0.2, 0.25) is 0 Å². The van der Waals surface area contributed by atoms with Crippen molar-refractivity contribution in [1.29, 1.82) is 0 Å². The van der Waals surface area contributed by atoms with Crippen molar-refractivity contribution >= 4 is 5.97 Å². The minimum Gasteiger partial charge on any atom is -0.459 e. The molecule has 1 saturated carbocycles. The van der Waals surface area contributed by atoms with E-state index in [0.29, 0.717) is 5.92 Å². The van der Waals surface area contributed by atoms with Crippen molar-refractivity contribution in [3.05, 3.63) is 0 Å². The third kappa shape index (κ3) is 5.28. The molecule has 1 aliphatic rings. The summed E-state index contributed by atoms with van der Waals surface area (Å²) in [7, 11) is 0. The van der Waals surface area contributed by atoms with Gasteiger partial charge in [-0.25, -0.2) is 0 Å². The molecule has 0 spiro atoms. The molecule has 2 heteroatoms. The van der Waals surface area contributed by atoms with Crippen LogP contribution in [0.15, 0.2) is 0 Å². The zero-order chi connectivity index (χ0) is 17.2. The highest BCUT2D eigenvalue weighted by atomic mass is 16.6. The molecular weight excluding hydrogens is 272 g/mol. The van der Waals surface area contributed by atoms with Crippen molar-refractivity contribution in [2.75, 3.05) is 0 Å². The van der Waals surface area contributed by atoms with E-state index >= 15 is 0 Å². The first-order valence-corrected chi connectivity index (χ1v) is 9.10. The van der Waals surface area contributed by atoms with Gasteiger partial charge in [0.1, 0.15) is 5.60 Å². The van der Waals surface area contributed by atoms with Crippen molar-refractivity contribution in [3.63, 3.8) is 0 Å². The quantitative estimate of drug-likeness (QED) is 0.596. The number of hydrogen-bond acceptors (Lipinski definition) is 2. The Kier molecular flexibility index (Phi) is 6.14. The lowest BCUT2D eigenvalue weighted by atomic mass is 9.71. The lowest BCUT2D eigenvalue weighted by Gasteiger charge is -2.43. The third-order valence-electron chi connectivity index (χ3n) is 5.20. The number of carbonyl (C=O) groups is 1. The largest absolute Gasteiger partial charge is 0.459 e. The summed E-state index contributed by atoms with van der Waals surface area (Å²) in [5, 5.41) is 0. The molecule has 1 rings (SSSR count). The van der Waals surface area contributed by atoms with Crippen LogP contribution in [0.4, 0.5) is 0 Å². The van der Waals surface area contributed by atoms with Crippen molar-refractivity contribution in [1.82, 2.24) is 0 Å². The molecule has 1 unspecified atom stereocenters. The Morgan fingerprint density at radius 1 is 1.00 bits per heavy atom. The van der Waals surface area contributed by atoms with Crippen molar-refractivity contribution in [3.8, 4) is 0 Å². The molecular formula is C20H38O2. The van der Waals surface area contributed by atoms with Crippen molar-refractivity contribution < 1.29 is 9.53 Å². The molecule has 130 valence electrons. The van der Waals surface area contributed by atoms with Gasteiger partial charge >= 0.3 is 5.97 Å². The molecule has 0 bridgehead atoms. The van der Waals surface area contributed by atoms with E-state index in [1.165, 1.54) is 19.3 Å². The second kappa shape index (κ2) is 6.93. The number of ether oxygens (including phenoxy) is 1. The molecule has 0 aromatic heterocycles. The molecule has 2 nitrogen and oxygen atoms in total. The molecule has 0 aliphatic heterocycles. The van der Waals surface area contributed by atoms with Crippen LogP contribution in [-0.4, -0.2) is 11.6 Å². The summed E-state index contributed by atoms with van der Waals surface area (Å²) in [6.45, 7) is 17.5. The van der Waals surface area contributed by atoms with Gasteiger partial charge in [-0.05, 0) is 48.9 Å². The molecule has 1 aliphatic carbocycles. The van der Waals surface area contributed by atoms with Crippen LogP contribution in [0, 0.1) is 22.7 Å². The van der Waals surface area contributed by atoms with E-state index in [4.69, 9.17) is 4.74 Å². The van der Waals surface area contributed by atoms with Gasteiger partial charge in [0, 0.05) is 0 Å². The van der Waals surface area contributed by atoms with Gasteiger partial charge in [0.2, 0.25) is 0 Å². The number of rotatable bonds is 4. The molecule has 0 aromatic carbocycles. The van der Waals surface area contributed by atoms with E-state index < -0.39 is 0 Å². The molecule has 22 heavy (non-hydrogen) atoms. The molecule has 0 heterocycles. The second-order valence-corrected chi connectivity index (χ2v) is 9.88. The average Bonchev–Trinajstić information content (AvgIpc) is 2.34. The first-order valence-electron chi connectivity index (χ1n) is 9.10. The lowest BCUT2D eigenvalue weighted by molar-refractivity contribution is -0.180. The topological polar surface area (TPSA) is 26.3 Å². The standard InChI is InChI=1S/C20H38O2/c1-15(2)20(12-10-9-11-13-20)22-17(21)16(19(6,7)8)14-18(3,4)5/h15-16H,9-14H2,1-8H3. The van der Waals surface area contributed by atoms with Gasteiger partial charge in [-0.3, -0.25) is 4.79 Å². The molecule has 1 fully saturated rings. The molecule has 0 saturated heterocycles. The van der Waals surface area contributed by atoms with Gasteiger partial charge in [-0.2, -0.15) is 0 Å². The van der Waals surface area contributed by atoms with Gasteiger partial charge < -0.3 is 4.74 Å². The van der Waals surface area contributed by atoms with Crippen molar-refractivity contribution in [2.24, 2.45) is 22.7 Å². The van der Waals surface area contributed by atoms with E-state index in [-0.39, 0.29) is 28.3 Å². The maximum Gasteiger partial charge on any atom is 0.310 e. The third-order valence-corrected chi connectivity index (χ3v) is 5.20. The van der Waals surface area contributed by atoms with Crippen LogP contribution in [0.3, 0.4) is 0 Å². The van der Waals surface area contributed by atoms with E-state index in [1.807, 2.05) is 0 Å². The highest BCUT2D eigenvalue weighted by Gasteiger charge is 2.43. The summed E-state index contributed by atoms with van der Waals surface area (Å²) in [6.07, 6.45) is 6.58. The zero-order valence-corrected chi connectivity index (χ0v) is 16.2. The minimum absolute atomic E-state index is 0.0259. The van der Waals surface area contributed by atoms with E-state index in [1.54, 1.807) is 0 Å². The van der Waals surface area contributed by atoms with Crippen LogP contribution in [0.1, 0.15) is 93.9 Å². The predicted molar refractivity (Wildman–Crippen MR) is 93.8 cm³/mol. The molecule has 0 radical (unpaired) electrons. The Labute approximate surface area is 138 Å². The number of carbonyl (C=O) groups excluding carboxylic acids is 1. The first-order chi connectivity index (χ1) is 9.87. The summed E-state index contributed by atoms with van der Waals surface area (Å²) < 4.78 is 6.24. The van der Waals surface area contributed by atoms with Gasteiger partial charge in [0.15, 0.2) is 0 Å². The highest BCUT2D eigenvalue weighted by molar-refractivity contribution is 5.74. The Balaban J connectivity index is 2.93. The Morgan fingerprint density at radius 3 is 1.86 bits per heavy atom. The Hall–Kier alpha value is -0.530. The molecule has 1 atom stereocenters. The average molecular weight is 311 g/mol. The summed E-state index contributed by atoms with van der Waals surface area (Å²) in [6, 6.07) is 0.